The van der Waals surface area contributed by atoms with Gasteiger partial charge in [-0.3, -0.25) is 4.79 Å². The van der Waals surface area contributed by atoms with E-state index in [4.69, 9.17) is 10.5 Å². The molecule has 102 valence electrons. The topological polar surface area (TPSA) is 64.3 Å². The number of ether oxygens (including phenoxy) is 1. The maximum absolute atomic E-state index is 12.3. The molecule has 0 bridgehead atoms. The highest BCUT2D eigenvalue weighted by Gasteiger charge is 2.37. The molecule has 0 aromatic heterocycles. The molecule has 2 aliphatic rings. The van der Waals surface area contributed by atoms with Gasteiger partial charge < -0.3 is 15.8 Å². The fourth-order valence-electron chi connectivity index (χ4n) is 3.10. The summed E-state index contributed by atoms with van der Waals surface area (Å²) in [5, 5.41) is 3.13. The number of nitrogens with one attached hydrogen (secondary N) is 1. The third-order valence-corrected chi connectivity index (χ3v) is 4.28. The number of carbonyl (C=O) groups is 1. The van der Waals surface area contributed by atoms with Gasteiger partial charge in [-0.1, -0.05) is 31.0 Å². The smallest absolute Gasteiger partial charge is 0.261 e. The summed E-state index contributed by atoms with van der Waals surface area (Å²) in [6.45, 7) is 0.512. The molecular formula is C15H20N2O2. The molecule has 4 heteroatoms. The average molecular weight is 260 g/mol. The van der Waals surface area contributed by atoms with Gasteiger partial charge in [-0.2, -0.15) is 0 Å². The molecule has 1 heterocycles. The van der Waals surface area contributed by atoms with Crippen LogP contribution >= 0.6 is 0 Å². The number of rotatable bonds is 3. The van der Waals surface area contributed by atoms with Crippen molar-refractivity contribution < 1.29 is 9.53 Å². The molecule has 1 amide bonds. The molecule has 1 aliphatic carbocycles. The summed E-state index contributed by atoms with van der Waals surface area (Å²) in [7, 11) is 0. The van der Waals surface area contributed by atoms with E-state index >= 15 is 0 Å². The molecule has 1 atom stereocenters. The maximum Gasteiger partial charge on any atom is 0.261 e. The summed E-state index contributed by atoms with van der Waals surface area (Å²) in [4.78, 5) is 12.3. The van der Waals surface area contributed by atoms with Crippen molar-refractivity contribution >= 4 is 5.91 Å². The van der Waals surface area contributed by atoms with E-state index in [1.54, 1.807) is 0 Å². The van der Waals surface area contributed by atoms with Crippen LogP contribution in [0.2, 0.25) is 0 Å². The highest BCUT2D eigenvalue weighted by atomic mass is 16.5. The van der Waals surface area contributed by atoms with Crippen LogP contribution in [0.15, 0.2) is 24.3 Å². The summed E-state index contributed by atoms with van der Waals surface area (Å²) >= 11 is 0. The Labute approximate surface area is 113 Å². The van der Waals surface area contributed by atoms with Crippen LogP contribution in [0, 0.1) is 0 Å². The van der Waals surface area contributed by atoms with Gasteiger partial charge in [0.15, 0.2) is 6.10 Å². The van der Waals surface area contributed by atoms with Crippen LogP contribution in [-0.4, -0.2) is 24.1 Å². The zero-order chi connectivity index (χ0) is 13.3. The van der Waals surface area contributed by atoms with Crippen molar-refractivity contribution in [3.8, 4) is 5.75 Å². The number of nitrogens with two attached hydrogens (primary N) is 1. The van der Waals surface area contributed by atoms with Crippen molar-refractivity contribution in [3.63, 3.8) is 0 Å². The molecular weight excluding hydrogens is 240 g/mol. The highest BCUT2D eigenvalue weighted by Crippen LogP contribution is 2.31. The van der Waals surface area contributed by atoms with Crippen molar-refractivity contribution in [2.24, 2.45) is 5.73 Å². The SMILES string of the molecule is NCC1(NC(=O)C2Cc3ccccc3O2)CCCC1. The number of fused-ring (bicyclic) bond motifs is 1. The summed E-state index contributed by atoms with van der Waals surface area (Å²) in [6, 6.07) is 7.83. The van der Waals surface area contributed by atoms with Crippen LogP contribution in [0.3, 0.4) is 0 Å². The third kappa shape index (κ3) is 2.32. The molecule has 1 saturated carbocycles. The second-order valence-corrected chi connectivity index (χ2v) is 5.60. The standard InChI is InChI=1S/C15H20N2O2/c16-10-15(7-3-4-8-15)17-14(18)13-9-11-5-1-2-6-12(11)19-13/h1-2,5-6,13H,3-4,7-10,16H2,(H,17,18). The molecule has 1 unspecified atom stereocenters. The third-order valence-electron chi connectivity index (χ3n) is 4.28. The largest absolute Gasteiger partial charge is 0.480 e. The highest BCUT2D eigenvalue weighted by molar-refractivity contribution is 5.83. The first-order valence-corrected chi connectivity index (χ1v) is 6.99. The van der Waals surface area contributed by atoms with E-state index in [1.807, 2.05) is 24.3 Å². The van der Waals surface area contributed by atoms with Gasteiger partial charge in [0.25, 0.3) is 5.91 Å². The average Bonchev–Trinajstić information content (AvgIpc) is 3.05. The first kappa shape index (κ1) is 12.5. The summed E-state index contributed by atoms with van der Waals surface area (Å²) in [5.41, 5.74) is 6.75. The lowest BCUT2D eigenvalue weighted by Gasteiger charge is -2.29. The Balaban J connectivity index is 1.67. The van der Waals surface area contributed by atoms with Gasteiger partial charge in [0, 0.05) is 13.0 Å². The summed E-state index contributed by atoms with van der Waals surface area (Å²) < 4.78 is 5.72. The molecule has 1 aromatic rings. The predicted molar refractivity (Wildman–Crippen MR) is 73.0 cm³/mol. The van der Waals surface area contributed by atoms with Crippen molar-refractivity contribution in [3.05, 3.63) is 29.8 Å². The van der Waals surface area contributed by atoms with Crippen molar-refractivity contribution in [2.75, 3.05) is 6.54 Å². The number of hydrogen-bond acceptors (Lipinski definition) is 3. The van der Waals surface area contributed by atoms with E-state index in [9.17, 15) is 4.79 Å². The van der Waals surface area contributed by atoms with E-state index in [0.717, 1.165) is 37.0 Å². The van der Waals surface area contributed by atoms with Crippen LogP contribution < -0.4 is 15.8 Å². The molecule has 3 N–H and O–H groups in total. The number of carbonyl (C=O) groups excluding carboxylic acids is 1. The maximum atomic E-state index is 12.3. The molecule has 1 aromatic carbocycles. The lowest BCUT2D eigenvalue weighted by Crippen LogP contribution is -2.55. The minimum Gasteiger partial charge on any atom is -0.480 e. The fourth-order valence-corrected chi connectivity index (χ4v) is 3.10. The normalized spacial score (nSPS) is 23.7. The van der Waals surface area contributed by atoms with E-state index in [1.165, 1.54) is 0 Å². The first-order valence-electron chi connectivity index (χ1n) is 6.99. The Morgan fingerprint density at radius 2 is 2.11 bits per heavy atom. The molecule has 3 rings (SSSR count). The van der Waals surface area contributed by atoms with Crippen LogP contribution in [0.5, 0.6) is 5.75 Å². The Bertz CT molecular complexity index is 456. The number of para-hydroxylation sites is 1. The zero-order valence-corrected chi connectivity index (χ0v) is 11.0. The van der Waals surface area contributed by atoms with Crippen LogP contribution in [0.1, 0.15) is 31.2 Å². The summed E-state index contributed by atoms with van der Waals surface area (Å²) in [5.74, 6) is 0.805. The van der Waals surface area contributed by atoms with Gasteiger partial charge in [0.05, 0.1) is 5.54 Å². The molecule has 19 heavy (non-hydrogen) atoms. The lowest BCUT2D eigenvalue weighted by molar-refractivity contribution is -0.129. The van der Waals surface area contributed by atoms with Crippen molar-refractivity contribution in [2.45, 2.75) is 43.7 Å². The number of hydrogen-bond donors (Lipinski definition) is 2. The van der Waals surface area contributed by atoms with E-state index in [2.05, 4.69) is 5.32 Å². The van der Waals surface area contributed by atoms with Gasteiger partial charge >= 0.3 is 0 Å². The summed E-state index contributed by atoms with van der Waals surface area (Å²) in [6.07, 6.45) is 4.50. The van der Waals surface area contributed by atoms with Gasteiger partial charge in [-0.15, -0.1) is 0 Å². The van der Waals surface area contributed by atoms with E-state index < -0.39 is 6.10 Å². The Morgan fingerprint density at radius 1 is 1.37 bits per heavy atom. The molecule has 4 nitrogen and oxygen atoms in total. The van der Waals surface area contributed by atoms with E-state index in [0.29, 0.717) is 13.0 Å². The van der Waals surface area contributed by atoms with Gasteiger partial charge in [-0.05, 0) is 24.5 Å². The Hall–Kier alpha value is -1.55. The van der Waals surface area contributed by atoms with Gasteiger partial charge in [-0.25, -0.2) is 0 Å². The first-order chi connectivity index (χ1) is 9.22. The second kappa shape index (κ2) is 4.85. The molecule has 0 spiro atoms. The zero-order valence-electron chi connectivity index (χ0n) is 11.0. The number of amides is 1. The fraction of sp³-hybridized carbons (Fsp3) is 0.533. The molecule has 1 aliphatic heterocycles. The van der Waals surface area contributed by atoms with Crippen LogP contribution in [0.4, 0.5) is 0 Å². The minimum atomic E-state index is -0.401. The Kier molecular flexibility index (Phi) is 3.19. The molecule has 0 radical (unpaired) electrons. The van der Waals surface area contributed by atoms with Crippen LogP contribution in [0.25, 0.3) is 0 Å². The predicted octanol–water partition coefficient (Wildman–Crippen LogP) is 1.38. The van der Waals surface area contributed by atoms with Crippen molar-refractivity contribution in [1.29, 1.82) is 0 Å². The van der Waals surface area contributed by atoms with Gasteiger partial charge in [0.2, 0.25) is 0 Å². The monoisotopic (exact) mass is 260 g/mol. The quantitative estimate of drug-likeness (QED) is 0.863. The van der Waals surface area contributed by atoms with Gasteiger partial charge in [0.1, 0.15) is 5.75 Å². The minimum absolute atomic E-state index is 0.0245. The second-order valence-electron chi connectivity index (χ2n) is 5.60. The lowest BCUT2D eigenvalue weighted by atomic mass is 9.97. The van der Waals surface area contributed by atoms with E-state index in [-0.39, 0.29) is 11.4 Å². The van der Waals surface area contributed by atoms with Crippen molar-refractivity contribution in [1.82, 2.24) is 5.32 Å². The Morgan fingerprint density at radius 3 is 2.79 bits per heavy atom. The molecule has 1 fully saturated rings. The van der Waals surface area contributed by atoms with Crippen LogP contribution in [-0.2, 0) is 11.2 Å². The number of benzene rings is 1. The molecule has 0 saturated heterocycles.